The minimum absolute atomic E-state index is 0.0313. The second-order valence-electron chi connectivity index (χ2n) is 7.86. The fourth-order valence-corrected chi connectivity index (χ4v) is 4.63. The third-order valence-electron chi connectivity index (χ3n) is 5.55. The second kappa shape index (κ2) is 7.24. The molecule has 5 nitrogen and oxygen atoms in total. The van der Waals surface area contributed by atoms with Gasteiger partial charge in [0.25, 0.3) is 0 Å². The minimum atomic E-state index is -0.0393. The smallest absolute Gasteiger partial charge is 0.230 e. The number of nitrogens with zero attached hydrogens (tertiary/aromatic N) is 3. The van der Waals surface area contributed by atoms with Crippen molar-refractivity contribution < 1.29 is 4.79 Å². The van der Waals surface area contributed by atoms with Crippen LogP contribution in [0.1, 0.15) is 62.0 Å². The number of nitrogens with one attached hydrogen (secondary N) is 1. The van der Waals surface area contributed by atoms with Crippen molar-refractivity contribution in [3.63, 3.8) is 0 Å². The van der Waals surface area contributed by atoms with E-state index in [1.54, 1.807) is 0 Å². The fourth-order valence-electron chi connectivity index (χ4n) is 3.80. The van der Waals surface area contributed by atoms with Gasteiger partial charge in [0.1, 0.15) is 5.82 Å². The molecule has 1 amide bonds. The lowest BCUT2D eigenvalue weighted by Crippen LogP contribution is -2.28. The van der Waals surface area contributed by atoms with E-state index in [2.05, 4.69) is 44.3 Å². The van der Waals surface area contributed by atoms with E-state index in [0.29, 0.717) is 17.7 Å². The van der Waals surface area contributed by atoms with Gasteiger partial charge in [-0.25, -0.2) is 0 Å². The molecule has 2 fully saturated rings. The number of thioether (sulfide) groups is 1. The zero-order valence-electron chi connectivity index (χ0n) is 16.0. The van der Waals surface area contributed by atoms with E-state index in [9.17, 15) is 4.79 Å². The molecule has 0 aliphatic heterocycles. The van der Waals surface area contributed by atoms with Gasteiger partial charge in [-0.3, -0.25) is 4.79 Å². The summed E-state index contributed by atoms with van der Waals surface area (Å²) >= 11 is 1.51. The molecule has 0 unspecified atom stereocenters. The second-order valence-corrected chi connectivity index (χ2v) is 8.80. The number of hydrogen-bond acceptors (Lipinski definition) is 4. The van der Waals surface area contributed by atoms with Crippen molar-refractivity contribution in [1.82, 2.24) is 20.1 Å². The molecule has 1 atom stereocenters. The van der Waals surface area contributed by atoms with Crippen molar-refractivity contribution in [2.75, 3.05) is 5.75 Å². The summed E-state index contributed by atoms with van der Waals surface area (Å²) in [7, 11) is 0. The highest BCUT2D eigenvalue weighted by atomic mass is 32.2. The molecule has 0 spiro atoms. The van der Waals surface area contributed by atoms with Crippen molar-refractivity contribution in [2.24, 2.45) is 0 Å². The van der Waals surface area contributed by atoms with E-state index in [0.717, 1.165) is 16.5 Å². The lowest BCUT2D eigenvalue weighted by molar-refractivity contribution is -0.119. The van der Waals surface area contributed by atoms with E-state index in [4.69, 9.17) is 0 Å². The van der Waals surface area contributed by atoms with Gasteiger partial charge >= 0.3 is 0 Å². The first-order chi connectivity index (χ1) is 13.7. The number of aromatic nitrogens is 3. The van der Waals surface area contributed by atoms with Gasteiger partial charge in [0.15, 0.2) is 5.16 Å². The molecular weight excluding hydrogens is 368 g/mol. The Labute approximate surface area is 168 Å². The molecule has 0 saturated heterocycles. The van der Waals surface area contributed by atoms with Crippen LogP contribution < -0.4 is 5.32 Å². The minimum Gasteiger partial charge on any atom is -0.349 e. The SMILES string of the molecule is C[C@@H](NC(=O)CSc1nnc(C2CC2)n1C1CC1)c1cccc2ccccc12. The summed E-state index contributed by atoms with van der Waals surface area (Å²) < 4.78 is 2.30. The molecule has 6 heteroatoms. The topological polar surface area (TPSA) is 59.8 Å². The molecule has 2 saturated carbocycles. The largest absolute Gasteiger partial charge is 0.349 e. The first-order valence-corrected chi connectivity index (χ1v) is 11.0. The Morgan fingerprint density at radius 1 is 1.14 bits per heavy atom. The van der Waals surface area contributed by atoms with Crippen LogP contribution in [-0.4, -0.2) is 26.4 Å². The zero-order valence-corrected chi connectivity index (χ0v) is 16.8. The highest BCUT2D eigenvalue weighted by Crippen LogP contribution is 2.46. The highest BCUT2D eigenvalue weighted by Gasteiger charge is 2.36. The first-order valence-electron chi connectivity index (χ1n) is 10.1. The number of carbonyl (C=O) groups is 1. The lowest BCUT2D eigenvalue weighted by Gasteiger charge is -2.16. The normalized spacial score (nSPS) is 17.6. The molecule has 0 bridgehead atoms. The Bertz CT molecular complexity index is 1020. The Hall–Kier alpha value is -2.34. The van der Waals surface area contributed by atoms with Crippen LogP contribution in [-0.2, 0) is 4.79 Å². The third kappa shape index (κ3) is 3.53. The summed E-state index contributed by atoms with van der Waals surface area (Å²) in [6, 6.07) is 15.0. The van der Waals surface area contributed by atoms with Gasteiger partial charge in [-0.1, -0.05) is 54.2 Å². The Balaban J connectivity index is 1.25. The van der Waals surface area contributed by atoms with Gasteiger partial charge in [0.2, 0.25) is 5.91 Å². The van der Waals surface area contributed by atoms with Crippen LogP contribution in [0.25, 0.3) is 10.8 Å². The average Bonchev–Trinajstić information content (AvgIpc) is 3.64. The van der Waals surface area contributed by atoms with E-state index in [-0.39, 0.29) is 11.9 Å². The standard InChI is InChI=1S/C22H24N4OS/c1-14(18-8-4-6-15-5-2-3-7-19(15)18)23-20(27)13-28-22-25-24-21(16-9-10-16)26(22)17-11-12-17/h2-8,14,16-17H,9-13H2,1H3,(H,23,27)/t14-/m1/s1. The molecule has 28 heavy (non-hydrogen) atoms. The van der Waals surface area contributed by atoms with Crippen molar-refractivity contribution in [3.8, 4) is 0 Å². The molecule has 2 aromatic carbocycles. The highest BCUT2D eigenvalue weighted by molar-refractivity contribution is 7.99. The first kappa shape index (κ1) is 17.7. The third-order valence-corrected chi connectivity index (χ3v) is 6.49. The predicted octanol–water partition coefficient (Wildman–Crippen LogP) is 4.61. The molecule has 3 aromatic rings. The van der Waals surface area contributed by atoms with Gasteiger partial charge in [-0.05, 0) is 48.9 Å². The molecule has 1 N–H and O–H groups in total. The number of hydrogen-bond donors (Lipinski definition) is 1. The number of carbonyl (C=O) groups excluding carboxylic acids is 1. The summed E-state index contributed by atoms with van der Waals surface area (Å²) in [6.45, 7) is 2.04. The molecule has 2 aliphatic rings. The Morgan fingerprint density at radius 3 is 2.71 bits per heavy atom. The summed E-state index contributed by atoms with van der Waals surface area (Å²) in [5.74, 6) is 2.12. The molecular formula is C22H24N4OS. The van der Waals surface area contributed by atoms with Crippen LogP contribution >= 0.6 is 11.8 Å². The molecule has 5 rings (SSSR count). The van der Waals surface area contributed by atoms with Crippen molar-refractivity contribution >= 4 is 28.4 Å². The molecule has 1 aromatic heterocycles. The van der Waals surface area contributed by atoms with Crippen LogP contribution in [0.2, 0.25) is 0 Å². The summed E-state index contributed by atoms with van der Waals surface area (Å²) in [6.07, 6.45) is 4.85. The Kier molecular flexibility index (Phi) is 4.59. The summed E-state index contributed by atoms with van der Waals surface area (Å²) in [5, 5.41) is 15.2. The van der Waals surface area contributed by atoms with Crippen LogP contribution in [0.15, 0.2) is 47.6 Å². The van der Waals surface area contributed by atoms with Gasteiger partial charge in [-0.2, -0.15) is 0 Å². The van der Waals surface area contributed by atoms with Gasteiger partial charge in [-0.15, -0.1) is 10.2 Å². The number of benzene rings is 2. The zero-order chi connectivity index (χ0) is 19.1. The molecule has 2 aliphatic carbocycles. The van der Waals surface area contributed by atoms with E-state index in [1.807, 2.05) is 25.1 Å². The number of fused-ring (bicyclic) bond motifs is 1. The predicted molar refractivity (Wildman–Crippen MR) is 111 cm³/mol. The maximum Gasteiger partial charge on any atom is 0.230 e. The van der Waals surface area contributed by atoms with Gasteiger partial charge < -0.3 is 9.88 Å². The maximum atomic E-state index is 12.6. The number of rotatable bonds is 7. The molecule has 144 valence electrons. The van der Waals surface area contributed by atoms with Crippen molar-refractivity contribution in [2.45, 2.75) is 55.8 Å². The molecule has 0 radical (unpaired) electrons. The summed E-state index contributed by atoms with van der Waals surface area (Å²) in [5.41, 5.74) is 1.15. The van der Waals surface area contributed by atoms with E-state index < -0.39 is 0 Å². The van der Waals surface area contributed by atoms with Crippen molar-refractivity contribution in [1.29, 1.82) is 0 Å². The van der Waals surface area contributed by atoms with E-state index in [1.165, 1.54) is 48.2 Å². The molecule has 1 heterocycles. The maximum absolute atomic E-state index is 12.6. The lowest BCUT2D eigenvalue weighted by atomic mass is 10.00. The van der Waals surface area contributed by atoms with Crippen molar-refractivity contribution in [3.05, 3.63) is 53.9 Å². The monoisotopic (exact) mass is 392 g/mol. The summed E-state index contributed by atoms with van der Waals surface area (Å²) in [4.78, 5) is 12.6. The Morgan fingerprint density at radius 2 is 1.93 bits per heavy atom. The quantitative estimate of drug-likeness (QED) is 0.596. The van der Waals surface area contributed by atoms with Crippen LogP contribution in [0, 0.1) is 0 Å². The average molecular weight is 393 g/mol. The van der Waals surface area contributed by atoms with Gasteiger partial charge in [0.05, 0.1) is 11.8 Å². The van der Waals surface area contributed by atoms with Crippen LogP contribution in [0.4, 0.5) is 0 Å². The van der Waals surface area contributed by atoms with E-state index >= 15 is 0 Å². The number of amides is 1. The fraction of sp³-hybridized carbons (Fsp3) is 0.409. The van der Waals surface area contributed by atoms with Crippen LogP contribution in [0.5, 0.6) is 0 Å². The van der Waals surface area contributed by atoms with Gasteiger partial charge in [0, 0.05) is 12.0 Å². The van der Waals surface area contributed by atoms with Crippen LogP contribution in [0.3, 0.4) is 0 Å².